The predicted molar refractivity (Wildman–Crippen MR) is 143 cm³/mol. The van der Waals surface area contributed by atoms with E-state index in [2.05, 4.69) is 11.0 Å². The Labute approximate surface area is 227 Å². The molecule has 2 atom stereocenters. The van der Waals surface area contributed by atoms with E-state index in [1.54, 1.807) is 34.0 Å². The number of nitrogens with zero attached hydrogens (tertiary/aromatic N) is 3. The zero-order valence-electron chi connectivity index (χ0n) is 21.8. The highest BCUT2D eigenvalue weighted by atomic mass is 35.5. The van der Waals surface area contributed by atoms with Gasteiger partial charge in [-0.25, -0.2) is 13.6 Å². The molecule has 0 N–H and O–H groups in total. The highest BCUT2D eigenvalue weighted by Gasteiger charge is 2.47. The SMILES string of the molecule is CN(C)C(=O)OC(C)(C)[C@H](c1cc(F)cc(F)c1)C1CN([C@@H](c2ccc(Cl)cc2)c2cccc(C#N)c2)C1. The van der Waals surface area contributed by atoms with E-state index in [1.165, 1.54) is 17.0 Å². The molecule has 4 rings (SSSR count). The lowest BCUT2D eigenvalue weighted by Gasteiger charge is -2.51. The van der Waals surface area contributed by atoms with E-state index in [1.807, 2.05) is 42.5 Å². The van der Waals surface area contributed by atoms with Crippen molar-refractivity contribution in [1.29, 1.82) is 5.26 Å². The zero-order valence-corrected chi connectivity index (χ0v) is 22.5. The van der Waals surface area contributed by atoms with Crippen LogP contribution in [0.3, 0.4) is 0 Å². The van der Waals surface area contributed by atoms with E-state index in [-0.39, 0.29) is 12.0 Å². The van der Waals surface area contributed by atoms with Crippen molar-refractivity contribution in [3.05, 3.63) is 106 Å². The number of carbonyl (C=O) groups excluding carboxylic acids is 1. The molecule has 1 aliphatic heterocycles. The molecule has 8 heteroatoms. The first-order valence-corrected chi connectivity index (χ1v) is 12.7. The topological polar surface area (TPSA) is 56.6 Å². The van der Waals surface area contributed by atoms with E-state index in [0.717, 1.165) is 17.2 Å². The van der Waals surface area contributed by atoms with Gasteiger partial charge in [-0.05, 0) is 72.9 Å². The van der Waals surface area contributed by atoms with Crippen LogP contribution in [0.15, 0.2) is 66.7 Å². The van der Waals surface area contributed by atoms with Gasteiger partial charge in [0.1, 0.15) is 17.2 Å². The first-order chi connectivity index (χ1) is 18.0. The molecule has 198 valence electrons. The van der Waals surface area contributed by atoms with Gasteiger partial charge in [-0.3, -0.25) is 4.90 Å². The molecule has 1 saturated heterocycles. The van der Waals surface area contributed by atoms with Crippen LogP contribution < -0.4 is 0 Å². The minimum Gasteiger partial charge on any atom is -0.443 e. The van der Waals surface area contributed by atoms with E-state index in [4.69, 9.17) is 16.3 Å². The number of likely N-dealkylation sites (tertiary alicyclic amines) is 1. The van der Waals surface area contributed by atoms with Crippen LogP contribution in [0, 0.1) is 28.9 Å². The Morgan fingerprint density at radius 1 is 1.03 bits per heavy atom. The largest absolute Gasteiger partial charge is 0.443 e. The molecular formula is C30H30ClF2N3O2. The second-order valence-electron chi connectivity index (χ2n) is 10.5. The summed E-state index contributed by atoms with van der Waals surface area (Å²) in [6.07, 6.45) is -0.527. The number of nitriles is 1. The molecule has 3 aromatic rings. The summed E-state index contributed by atoms with van der Waals surface area (Å²) in [5.41, 5.74) is 1.92. The minimum atomic E-state index is -1.05. The quantitative estimate of drug-likeness (QED) is 0.334. The average Bonchev–Trinajstić information content (AvgIpc) is 2.82. The van der Waals surface area contributed by atoms with Crippen molar-refractivity contribution in [3.63, 3.8) is 0 Å². The maximum absolute atomic E-state index is 14.3. The molecule has 1 aliphatic rings. The second kappa shape index (κ2) is 11.1. The molecule has 0 aromatic heterocycles. The van der Waals surface area contributed by atoms with Crippen molar-refractivity contribution in [1.82, 2.24) is 9.80 Å². The van der Waals surface area contributed by atoms with Gasteiger partial charge in [0.2, 0.25) is 0 Å². The number of halogens is 3. The molecule has 0 aliphatic carbocycles. The smallest absolute Gasteiger partial charge is 0.409 e. The van der Waals surface area contributed by atoms with E-state index in [9.17, 15) is 18.8 Å². The fourth-order valence-corrected chi connectivity index (χ4v) is 5.51. The fourth-order valence-electron chi connectivity index (χ4n) is 5.38. The normalized spacial score (nSPS) is 15.7. The number of hydrogen-bond donors (Lipinski definition) is 0. The standard InChI is InChI=1S/C30H30ClF2N3O2/c1-30(2,38-29(37)35(3)4)27(22-13-25(32)15-26(33)14-22)23-17-36(18-23)28(20-8-10-24(31)11-9-20)21-7-5-6-19(12-21)16-34/h5-15,23,27-28H,17-18H2,1-4H3/t27-,28+/m1/s1. The van der Waals surface area contributed by atoms with Gasteiger partial charge in [-0.15, -0.1) is 0 Å². The molecule has 0 saturated carbocycles. The van der Waals surface area contributed by atoms with Crippen LogP contribution in [-0.2, 0) is 4.74 Å². The first kappa shape index (κ1) is 27.6. The molecule has 1 heterocycles. The average molecular weight is 538 g/mol. The third-order valence-corrected chi connectivity index (χ3v) is 7.25. The number of benzene rings is 3. The van der Waals surface area contributed by atoms with Crippen LogP contribution in [0.2, 0.25) is 5.02 Å². The van der Waals surface area contributed by atoms with Crippen molar-refractivity contribution < 1.29 is 18.3 Å². The van der Waals surface area contributed by atoms with Crippen molar-refractivity contribution in [2.45, 2.75) is 31.4 Å². The van der Waals surface area contributed by atoms with Gasteiger partial charge < -0.3 is 9.64 Å². The molecule has 1 fully saturated rings. The zero-order chi connectivity index (χ0) is 27.6. The lowest BCUT2D eigenvalue weighted by molar-refractivity contribution is -0.0471. The summed E-state index contributed by atoms with van der Waals surface area (Å²) in [6, 6.07) is 20.6. The van der Waals surface area contributed by atoms with E-state index >= 15 is 0 Å². The van der Waals surface area contributed by atoms with Crippen molar-refractivity contribution in [3.8, 4) is 6.07 Å². The Morgan fingerprint density at radius 3 is 2.24 bits per heavy atom. The number of amides is 1. The Morgan fingerprint density at radius 2 is 1.66 bits per heavy atom. The van der Waals surface area contributed by atoms with Gasteiger partial charge >= 0.3 is 6.09 Å². The first-order valence-electron chi connectivity index (χ1n) is 12.3. The highest BCUT2D eigenvalue weighted by molar-refractivity contribution is 6.30. The number of hydrogen-bond acceptors (Lipinski definition) is 4. The van der Waals surface area contributed by atoms with Gasteiger partial charge in [0.15, 0.2) is 0 Å². The maximum Gasteiger partial charge on any atom is 0.409 e. The molecule has 3 aromatic carbocycles. The van der Waals surface area contributed by atoms with Crippen LogP contribution in [0.1, 0.15) is 48.1 Å². The lowest BCUT2D eigenvalue weighted by Crippen LogP contribution is -2.55. The number of ether oxygens (including phenoxy) is 1. The Hall–Kier alpha value is -3.47. The summed E-state index contributed by atoms with van der Waals surface area (Å²) in [6.45, 7) is 4.71. The fraction of sp³-hybridized carbons (Fsp3) is 0.333. The molecule has 0 unspecified atom stereocenters. The summed E-state index contributed by atoms with van der Waals surface area (Å²) in [5, 5.41) is 10.1. The molecule has 0 bridgehead atoms. The van der Waals surface area contributed by atoms with Crippen LogP contribution in [0.25, 0.3) is 0 Å². The van der Waals surface area contributed by atoms with Gasteiger partial charge in [0.25, 0.3) is 0 Å². The summed E-state index contributed by atoms with van der Waals surface area (Å²) in [7, 11) is 3.18. The molecular weight excluding hydrogens is 508 g/mol. The molecule has 1 amide bonds. The lowest BCUT2D eigenvalue weighted by atomic mass is 9.71. The summed E-state index contributed by atoms with van der Waals surface area (Å²) >= 11 is 6.15. The van der Waals surface area contributed by atoms with Crippen LogP contribution in [-0.4, -0.2) is 48.7 Å². The summed E-state index contributed by atoms with van der Waals surface area (Å²) in [4.78, 5) is 16.1. The number of carbonyl (C=O) groups is 1. The van der Waals surface area contributed by atoms with Gasteiger partial charge in [0, 0.05) is 44.2 Å². The van der Waals surface area contributed by atoms with Crippen molar-refractivity contribution in [2.24, 2.45) is 5.92 Å². The van der Waals surface area contributed by atoms with Crippen LogP contribution in [0.5, 0.6) is 0 Å². The molecule has 38 heavy (non-hydrogen) atoms. The maximum atomic E-state index is 14.3. The van der Waals surface area contributed by atoms with E-state index in [0.29, 0.717) is 29.2 Å². The minimum absolute atomic E-state index is 0.0601. The van der Waals surface area contributed by atoms with Gasteiger partial charge in [0.05, 0.1) is 17.7 Å². The molecule has 0 spiro atoms. The third kappa shape index (κ3) is 5.98. The van der Waals surface area contributed by atoms with Crippen molar-refractivity contribution >= 4 is 17.7 Å². The Balaban J connectivity index is 1.69. The Kier molecular flexibility index (Phi) is 8.05. The predicted octanol–water partition coefficient (Wildman–Crippen LogP) is 6.77. The van der Waals surface area contributed by atoms with Crippen LogP contribution >= 0.6 is 11.6 Å². The highest BCUT2D eigenvalue weighted by Crippen LogP contribution is 2.45. The summed E-state index contributed by atoms with van der Waals surface area (Å²) in [5.74, 6) is -1.88. The van der Waals surface area contributed by atoms with Crippen molar-refractivity contribution in [2.75, 3.05) is 27.2 Å². The third-order valence-electron chi connectivity index (χ3n) is 7.00. The van der Waals surface area contributed by atoms with Crippen LogP contribution in [0.4, 0.5) is 13.6 Å². The molecule has 5 nitrogen and oxygen atoms in total. The van der Waals surface area contributed by atoms with E-state index < -0.39 is 29.2 Å². The van der Waals surface area contributed by atoms with Gasteiger partial charge in [-0.1, -0.05) is 35.9 Å². The second-order valence-corrected chi connectivity index (χ2v) is 10.9. The Bertz CT molecular complexity index is 1330. The number of rotatable bonds is 7. The molecule has 0 radical (unpaired) electrons. The monoisotopic (exact) mass is 537 g/mol. The van der Waals surface area contributed by atoms with Gasteiger partial charge in [-0.2, -0.15) is 5.26 Å². The summed E-state index contributed by atoms with van der Waals surface area (Å²) < 4.78 is 34.4.